The highest BCUT2D eigenvalue weighted by Crippen LogP contribution is 2.32. The van der Waals surface area contributed by atoms with Crippen LogP contribution in [0, 0.1) is 0 Å². The van der Waals surface area contributed by atoms with Gasteiger partial charge < -0.3 is 20.5 Å². The van der Waals surface area contributed by atoms with Gasteiger partial charge in [-0.3, -0.25) is 0 Å². The Labute approximate surface area is 202 Å². The maximum absolute atomic E-state index is 12.0. The topological polar surface area (TPSA) is 134 Å². The van der Waals surface area contributed by atoms with Gasteiger partial charge in [-0.05, 0) is 51.5 Å². The maximum atomic E-state index is 12.0. The van der Waals surface area contributed by atoms with Gasteiger partial charge in [-0.15, -0.1) is 0 Å². The molecule has 0 spiro atoms. The van der Waals surface area contributed by atoms with Gasteiger partial charge in [0.2, 0.25) is 16.0 Å². The number of sulfonamides is 1. The standard InChI is InChI=1S/C23H37N5O5S/c1-4-5-15-33-20(29)9-8-17-16-24-22(25-18-10-13-28(14-11-18)34(3,31)32)27-21(17)26-19-7-6-12-23(19,2)30/h8-9,16,18-19,30H,4-7,10-15H2,1-3H3,(H2,24,25,26,27)/t19-,23-/m1/s1. The number of hydrogen-bond donors (Lipinski definition) is 3. The summed E-state index contributed by atoms with van der Waals surface area (Å²) < 4.78 is 30.2. The van der Waals surface area contributed by atoms with Crippen LogP contribution in [0.1, 0.15) is 64.4 Å². The summed E-state index contributed by atoms with van der Waals surface area (Å²) in [6.07, 6.45) is 11.3. The number of nitrogens with zero attached hydrogens (tertiary/aromatic N) is 3. The molecule has 2 heterocycles. The summed E-state index contributed by atoms with van der Waals surface area (Å²) in [5.41, 5.74) is -0.232. The van der Waals surface area contributed by atoms with Gasteiger partial charge in [0.05, 0.1) is 24.5 Å². The van der Waals surface area contributed by atoms with E-state index >= 15 is 0 Å². The van der Waals surface area contributed by atoms with Crippen LogP contribution >= 0.6 is 0 Å². The largest absolute Gasteiger partial charge is 0.463 e. The molecule has 2 aliphatic rings. The van der Waals surface area contributed by atoms with E-state index in [-0.39, 0.29) is 12.1 Å². The fourth-order valence-corrected chi connectivity index (χ4v) is 5.15. The molecule has 0 unspecified atom stereocenters. The van der Waals surface area contributed by atoms with Gasteiger partial charge in [0.15, 0.2) is 0 Å². The first-order valence-electron chi connectivity index (χ1n) is 12.0. The Morgan fingerprint density at radius 3 is 2.68 bits per heavy atom. The molecule has 1 aromatic heterocycles. The Hall–Kier alpha value is -2.24. The van der Waals surface area contributed by atoms with Crippen molar-refractivity contribution in [2.75, 3.05) is 36.6 Å². The highest BCUT2D eigenvalue weighted by Gasteiger charge is 2.37. The van der Waals surface area contributed by atoms with E-state index in [0.717, 1.165) is 25.7 Å². The van der Waals surface area contributed by atoms with Crippen molar-refractivity contribution in [3.8, 4) is 0 Å². The van der Waals surface area contributed by atoms with Crippen molar-refractivity contribution in [3.05, 3.63) is 17.8 Å². The Balaban J connectivity index is 1.73. The average Bonchev–Trinajstić information content (AvgIpc) is 3.11. The average molecular weight is 496 g/mol. The Morgan fingerprint density at radius 1 is 1.32 bits per heavy atom. The number of rotatable bonds is 10. The summed E-state index contributed by atoms with van der Waals surface area (Å²) in [6, 6.07) is -0.118. The zero-order valence-electron chi connectivity index (χ0n) is 20.3. The van der Waals surface area contributed by atoms with Crippen LogP contribution in [0.3, 0.4) is 0 Å². The molecule has 2 atom stereocenters. The molecule has 190 valence electrons. The molecular formula is C23H37N5O5S. The van der Waals surface area contributed by atoms with Crippen molar-refractivity contribution in [1.29, 1.82) is 0 Å². The molecule has 1 saturated heterocycles. The molecule has 3 N–H and O–H groups in total. The summed E-state index contributed by atoms with van der Waals surface area (Å²) in [7, 11) is -3.18. The minimum Gasteiger partial charge on any atom is -0.463 e. The number of aliphatic hydroxyl groups is 1. The molecule has 10 nitrogen and oxygen atoms in total. The number of nitrogens with one attached hydrogen (secondary N) is 2. The SMILES string of the molecule is CCCCOC(=O)C=Cc1cnc(NC2CCN(S(C)(=O)=O)CC2)nc1N[C@@H]1CCC[C@@]1(C)O. The van der Waals surface area contributed by atoms with Gasteiger partial charge >= 0.3 is 5.97 Å². The zero-order chi connectivity index (χ0) is 24.8. The molecule has 34 heavy (non-hydrogen) atoms. The number of carbonyl (C=O) groups excluding carboxylic acids is 1. The third-order valence-corrected chi connectivity index (χ3v) is 7.75. The summed E-state index contributed by atoms with van der Waals surface area (Å²) in [4.78, 5) is 21.1. The fraction of sp³-hybridized carbons (Fsp3) is 0.696. The lowest BCUT2D eigenvalue weighted by Crippen LogP contribution is -2.42. The van der Waals surface area contributed by atoms with E-state index < -0.39 is 21.6 Å². The number of esters is 1. The van der Waals surface area contributed by atoms with E-state index in [2.05, 4.69) is 20.6 Å². The minimum atomic E-state index is -3.18. The Kier molecular flexibility index (Phi) is 8.89. The van der Waals surface area contributed by atoms with Gasteiger partial charge in [-0.2, -0.15) is 4.98 Å². The molecule has 1 saturated carbocycles. The molecule has 3 rings (SSSR count). The second-order valence-corrected chi connectivity index (χ2v) is 11.4. The number of hydrogen-bond acceptors (Lipinski definition) is 9. The Morgan fingerprint density at radius 2 is 2.06 bits per heavy atom. The second kappa shape index (κ2) is 11.5. The number of ether oxygens (including phenoxy) is 1. The van der Waals surface area contributed by atoms with E-state index in [1.807, 2.05) is 13.8 Å². The van der Waals surface area contributed by atoms with Gasteiger partial charge in [0, 0.05) is 37.0 Å². The van der Waals surface area contributed by atoms with Crippen molar-refractivity contribution >= 4 is 33.8 Å². The molecule has 0 aromatic carbocycles. The van der Waals surface area contributed by atoms with E-state index in [1.165, 1.54) is 16.6 Å². The number of piperidine rings is 1. The van der Waals surface area contributed by atoms with Gasteiger partial charge in [-0.25, -0.2) is 22.5 Å². The predicted molar refractivity (Wildman–Crippen MR) is 132 cm³/mol. The van der Waals surface area contributed by atoms with Crippen LogP contribution in [-0.4, -0.2) is 77.4 Å². The first kappa shape index (κ1) is 26.4. The van der Waals surface area contributed by atoms with Crippen molar-refractivity contribution in [3.63, 3.8) is 0 Å². The molecule has 0 amide bonds. The summed E-state index contributed by atoms with van der Waals surface area (Å²) >= 11 is 0. The lowest BCUT2D eigenvalue weighted by Gasteiger charge is -2.31. The lowest BCUT2D eigenvalue weighted by molar-refractivity contribution is -0.137. The number of carbonyl (C=O) groups is 1. The van der Waals surface area contributed by atoms with Gasteiger partial charge in [0.25, 0.3) is 0 Å². The van der Waals surface area contributed by atoms with Crippen molar-refractivity contribution in [2.24, 2.45) is 0 Å². The molecule has 1 aromatic rings. The summed E-state index contributed by atoms with van der Waals surface area (Å²) in [5.74, 6) is 0.517. The maximum Gasteiger partial charge on any atom is 0.330 e. The highest BCUT2D eigenvalue weighted by molar-refractivity contribution is 7.88. The smallest absolute Gasteiger partial charge is 0.330 e. The van der Waals surface area contributed by atoms with Crippen LogP contribution in [0.4, 0.5) is 11.8 Å². The van der Waals surface area contributed by atoms with Crippen LogP contribution < -0.4 is 10.6 Å². The fourth-order valence-electron chi connectivity index (χ4n) is 4.28. The molecule has 11 heteroatoms. The van der Waals surface area contributed by atoms with E-state index in [9.17, 15) is 18.3 Å². The van der Waals surface area contributed by atoms with Crippen LogP contribution in [0.5, 0.6) is 0 Å². The van der Waals surface area contributed by atoms with Crippen molar-refractivity contribution in [1.82, 2.24) is 14.3 Å². The Bertz CT molecular complexity index is 974. The third-order valence-electron chi connectivity index (χ3n) is 6.45. The molecule has 1 aliphatic carbocycles. The van der Waals surface area contributed by atoms with Crippen LogP contribution in [-0.2, 0) is 19.6 Å². The number of aromatic nitrogens is 2. The normalized spacial score (nSPS) is 24.4. The minimum absolute atomic E-state index is 0.0513. The van der Waals surface area contributed by atoms with E-state index in [4.69, 9.17) is 4.74 Å². The van der Waals surface area contributed by atoms with Crippen LogP contribution in [0.25, 0.3) is 6.08 Å². The first-order valence-corrected chi connectivity index (χ1v) is 13.9. The second-order valence-electron chi connectivity index (χ2n) is 9.38. The molecule has 0 bridgehead atoms. The van der Waals surface area contributed by atoms with Crippen LogP contribution in [0.2, 0.25) is 0 Å². The monoisotopic (exact) mass is 495 g/mol. The molecule has 2 fully saturated rings. The summed E-state index contributed by atoms with van der Waals surface area (Å²) in [6.45, 7) is 5.13. The third kappa shape index (κ3) is 7.38. The predicted octanol–water partition coefficient (Wildman–Crippen LogP) is 2.38. The van der Waals surface area contributed by atoms with Crippen LogP contribution in [0.15, 0.2) is 12.3 Å². The summed E-state index contributed by atoms with van der Waals surface area (Å²) in [5, 5.41) is 17.4. The van der Waals surface area contributed by atoms with Gasteiger partial charge in [-0.1, -0.05) is 13.3 Å². The van der Waals surface area contributed by atoms with E-state index in [1.54, 1.807) is 12.3 Å². The van der Waals surface area contributed by atoms with Crippen molar-refractivity contribution < 1.29 is 23.1 Å². The first-order chi connectivity index (χ1) is 16.1. The number of anilines is 2. The van der Waals surface area contributed by atoms with E-state index in [0.29, 0.717) is 56.3 Å². The zero-order valence-corrected chi connectivity index (χ0v) is 21.1. The quantitative estimate of drug-likeness (QED) is 0.254. The molecule has 0 radical (unpaired) electrons. The highest BCUT2D eigenvalue weighted by atomic mass is 32.2. The van der Waals surface area contributed by atoms with Crippen molar-refractivity contribution in [2.45, 2.75) is 76.5 Å². The number of unbranched alkanes of at least 4 members (excludes halogenated alkanes) is 1. The van der Waals surface area contributed by atoms with Gasteiger partial charge in [0.1, 0.15) is 5.82 Å². The molecule has 1 aliphatic heterocycles. The lowest BCUT2D eigenvalue weighted by atomic mass is 10.0. The molecular weight excluding hydrogens is 458 g/mol.